The van der Waals surface area contributed by atoms with Gasteiger partial charge in [0.2, 0.25) is 10.0 Å². The van der Waals surface area contributed by atoms with E-state index >= 15 is 0 Å². The smallest absolute Gasteiger partial charge is 0.240 e. The standard InChI is InChI=1S/C11H12ClN3O2S/c12-9-2-1-3-11(8-9)18(16,17)14-7-5-10-4-6-13-15-10/h1-4,6,8,14H,5,7H2,(H,13,15). The number of halogens is 1. The molecule has 2 aromatic rings. The topological polar surface area (TPSA) is 74.8 Å². The molecule has 0 unspecified atom stereocenters. The highest BCUT2D eigenvalue weighted by Crippen LogP contribution is 2.14. The fourth-order valence-electron chi connectivity index (χ4n) is 1.46. The van der Waals surface area contributed by atoms with Crippen molar-refractivity contribution in [1.82, 2.24) is 14.9 Å². The van der Waals surface area contributed by atoms with E-state index in [0.29, 0.717) is 18.0 Å². The monoisotopic (exact) mass is 285 g/mol. The Morgan fingerprint density at radius 2 is 2.17 bits per heavy atom. The summed E-state index contributed by atoms with van der Waals surface area (Å²) in [5, 5.41) is 6.95. The number of rotatable bonds is 5. The molecule has 0 atom stereocenters. The normalized spacial score (nSPS) is 11.6. The lowest BCUT2D eigenvalue weighted by Crippen LogP contribution is -2.26. The Hall–Kier alpha value is -1.37. The van der Waals surface area contributed by atoms with Crippen molar-refractivity contribution in [2.75, 3.05) is 6.54 Å². The average Bonchev–Trinajstić information content (AvgIpc) is 2.82. The first kappa shape index (κ1) is 13.1. The number of aromatic nitrogens is 2. The number of hydrogen-bond donors (Lipinski definition) is 2. The van der Waals surface area contributed by atoms with Gasteiger partial charge in [-0.25, -0.2) is 13.1 Å². The molecule has 0 radical (unpaired) electrons. The summed E-state index contributed by atoms with van der Waals surface area (Å²) in [7, 11) is -3.50. The van der Waals surface area contributed by atoms with E-state index in [1.807, 2.05) is 0 Å². The highest BCUT2D eigenvalue weighted by molar-refractivity contribution is 7.89. The van der Waals surface area contributed by atoms with Crippen molar-refractivity contribution in [3.05, 3.63) is 47.2 Å². The maximum absolute atomic E-state index is 11.9. The molecule has 2 rings (SSSR count). The van der Waals surface area contributed by atoms with Crippen molar-refractivity contribution < 1.29 is 8.42 Å². The number of hydrogen-bond acceptors (Lipinski definition) is 3. The number of H-pyrrole nitrogens is 1. The third kappa shape index (κ3) is 3.32. The summed E-state index contributed by atoms with van der Waals surface area (Å²) in [6.07, 6.45) is 2.18. The third-order valence-corrected chi connectivity index (χ3v) is 4.05. The Morgan fingerprint density at radius 1 is 1.33 bits per heavy atom. The van der Waals surface area contributed by atoms with Crippen LogP contribution in [0.4, 0.5) is 0 Å². The lowest BCUT2D eigenvalue weighted by atomic mass is 10.3. The Bertz CT molecular complexity index is 611. The zero-order chi connectivity index (χ0) is 13.0. The highest BCUT2D eigenvalue weighted by Gasteiger charge is 2.13. The minimum absolute atomic E-state index is 0.166. The van der Waals surface area contributed by atoms with Gasteiger partial charge in [0.15, 0.2) is 0 Å². The van der Waals surface area contributed by atoms with E-state index in [0.717, 1.165) is 5.69 Å². The van der Waals surface area contributed by atoms with Crippen molar-refractivity contribution in [3.63, 3.8) is 0 Å². The van der Waals surface area contributed by atoms with Crippen LogP contribution in [-0.2, 0) is 16.4 Å². The van der Waals surface area contributed by atoms with Gasteiger partial charge < -0.3 is 0 Å². The van der Waals surface area contributed by atoms with Crippen molar-refractivity contribution in [2.45, 2.75) is 11.3 Å². The summed E-state index contributed by atoms with van der Waals surface area (Å²) in [5.74, 6) is 0. The molecule has 5 nitrogen and oxygen atoms in total. The molecule has 96 valence electrons. The van der Waals surface area contributed by atoms with Crippen LogP contribution in [0.15, 0.2) is 41.4 Å². The summed E-state index contributed by atoms with van der Waals surface area (Å²) >= 11 is 5.76. The molecule has 1 aromatic carbocycles. The van der Waals surface area contributed by atoms with Crippen LogP contribution in [0, 0.1) is 0 Å². The summed E-state index contributed by atoms with van der Waals surface area (Å²) in [6, 6.07) is 7.95. The fraction of sp³-hybridized carbons (Fsp3) is 0.182. The number of aromatic amines is 1. The molecule has 1 heterocycles. The predicted octanol–water partition coefficient (Wildman–Crippen LogP) is 1.58. The van der Waals surface area contributed by atoms with Gasteiger partial charge in [0.1, 0.15) is 0 Å². The molecule has 0 fully saturated rings. The second-order valence-electron chi connectivity index (χ2n) is 3.69. The summed E-state index contributed by atoms with van der Waals surface area (Å²) in [5.41, 5.74) is 0.879. The van der Waals surface area contributed by atoms with Gasteiger partial charge >= 0.3 is 0 Å². The summed E-state index contributed by atoms with van der Waals surface area (Å²) in [6.45, 7) is 0.303. The van der Waals surface area contributed by atoms with E-state index in [1.165, 1.54) is 12.1 Å². The molecule has 2 N–H and O–H groups in total. The molecule has 0 aliphatic carbocycles. The van der Waals surface area contributed by atoms with Crippen LogP contribution in [-0.4, -0.2) is 25.2 Å². The SMILES string of the molecule is O=S(=O)(NCCc1ccn[nH]1)c1cccc(Cl)c1. The first-order valence-corrected chi connectivity index (χ1v) is 7.17. The van der Waals surface area contributed by atoms with Crippen LogP contribution in [0.3, 0.4) is 0 Å². The van der Waals surface area contributed by atoms with Gasteiger partial charge in [0.25, 0.3) is 0 Å². The van der Waals surface area contributed by atoms with Crippen LogP contribution in [0.5, 0.6) is 0 Å². The molecule has 0 amide bonds. The van der Waals surface area contributed by atoms with E-state index in [1.54, 1.807) is 24.4 Å². The second-order valence-corrected chi connectivity index (χ2v) is 5.89. The number of nitrogens with zero attached hydrogens (tertiary/aromatic N) is 1. The molecule has 0 saturated heterocycles. The van der Waals surface area contributed by atoms with Gasteiger partial charge in [-0.3, -0.25) is 5.10 Å². The quantitative estimate of drug-likeness (QED) is 0.876. The Labute approximate surface area is 110 Å². The highest BCUT2D eigenvalue weighted by atomic mass is 35.5. The number of nitrogens with one attached hydrogen (secondary N) is 2. The Balaban J connectivity index is 1.99. The predicted molar refractivity (Wildman–Crippen MR) is 68.9 cm³/mol. The molecular formula is C11H12ClN3O2S. The number of sulfonamides is 1. The minimum Gasteiger partial charge on any atom is -0.283 e. The molecule has 0 aliphatic rings. The van der Waals surface area contributed by atoms with Gasteiger partial charge in [-0.2, -0.15) is 5.10 Å². The summed E-state index contributed by atoms with van der Waals surface area (Å²) < 4.78 is 26.3. The first-order valence-electron chi connectivity index (χ1n) is 5.31. The van der Waals surface area contributed by atoms with E-state index < -0.39 is 10.0 Å². The number of benzene rings is 1. The van der Waals surface area contributed by atoms with Crippen molar-refractivity contribution in [2.24, 2.45) is 0 Å². The Kier molecular flexibility index (Phi) is 4.00. The van der Waals surface area contributed by atoms with E-state index in [2.05, 4.69) is 14.9 Å². The van der Waals surface area contributed by atoms with Crippen molar-refractivity contribution in [3.8, 4) is 0 Å². The lowest BCUT2D eigenvalue weighted by molar-refractivity contribution is 0.581. The van der Waals surface area contributed by atoms with Crippen LogP contribution < -0.4 is 4.72 Å². The Morgan fingerprint density at radius 3 is 2.83 bits per heavy atom. The van der Waals surface area contributed by atoms with Gasteiger partial charge in [-0.05, 0) is 24.3 Å². The zero-order valence-corrected chi connectivity index (χ0v) is 11.0. The minimum atomic E-state index is -3.50. The average molecular weight is 286 g/mol. The van der Waals surface area contributed by atoms with E-state index in [9.17, 15) is 8.42 Å². The molecule has 0 aliphatic heterocycles. The molecule has 7 heteroatoms. The fourth-order valence-corrected chi connectivity index (χ4v) is 2.79. The van der Waals surface area contributed by atoms with Crippen LogP contribution in [0.25, 0.3) is 0 Å². The van der Waals surface area contributed by atoms with Crippen LogP contribution in [0.1, 0.15) is 5.69 Å². The van der Waals surface area contributed by atoms with Crippen LogP contribution >= 0.6 is 11.6 Å². The maximum Gasteiger partial charge on any atom is 0.240 e. The van der Waals surface area contributed by atoms with Crippen LogP contribution in [0.2, 0.25) is 5.02 Å². The van der Waals surface area contributed by atoms with Gasteiger partial charge in [0.05, 0.1) is 4.90 Å². The van der Waals surface area contributed by atoms with Gasteiger partial charge in [0, 0.05) is 29.9 Å². The second kappa shape index (κ2) is 5.51. The van der Waals surface area contributed by atoms with E-state index in [4.69, 9.17) is 11.6 Å². The van der Waals surface area contributed by atoms with Crippen molar-refractivity contribution in [1.29, 1.82) is 0 Å². The molecule has 0 saturated carbocycles. The lowest BCUT2D eigenvalue weighted by Gasteiger charge is -2.06. The van der Waals surface area contributed by atoms with Gasteiger partial charge in [-0.1, -0.05) is 17.7 Å². The largest absolute Gasteiger partial charge is 0.283 e. The van der Waals surface area contributed by atoms with Gasteiger partial charge in [-0.15, -0.1) is 0 Å². The molecular weight excluding hydrogens is 274 g/mol. The van der Waals surface area contributed by atoms with E-state index in [-0.39, 0.29) is 4.90 Å². The molecule has 0 bridgehead atoms. The summed E-state index contributed by atoms with van der Waals surface area (Å²) in [4.78, 5) is 0.166. The molecule has 0 spiro atoms. The maximum atomic E-state index is 11.9. The third-order valence-electron chi connectivity index (χ3n) is 2.35. The molecule has 18 heavy (non-hydrogen) atoms. The van der Waals surface area contributed by atoms with Crippen molar-refractivity contribution >= 4 is 21.6 Å². The molecule has 1 aromatic heterocycles. The first-order chi connectivity index (χ1) is 8.58. The zero-order valence-electron chi connectivity index (χ0n) is 9.43.